The van der Waals surface area contributed by atoms with Gasteiger partial charge < -0.3 is 4.74 Å². The van der Waals surface area contributed by atoms with Gasteiger partial charge in [-0.15, -0.1) is 24.5 Å². The highest BCUT2D eigenvalue weighted by atomic mass is 32.1. The molecule has 1 radical (unpaired) electrons. The number of aromatic nitrogens is 1. The number of alkyl halides is 3. The monoisotopic (exact) mass is 244 g/mol. The van der Waals surface area contributed by atoms with Crippen LogP contribution in [0.5, 0.6) is 5.88 Å². The fourth-order valence-electron chi connectivity index (χ4n) is 1.09. The first kappa shape index (κ1) is 10.9. The Balaban J connectivity index is 2.21. The van der Waals surface area contributed by atoms with E-state index >= 15 is 0 Å². The zero-order chi connectivity index (χ0) is 11.6. The van der Waals surface area contributed by atoms with E-state index in [1.54, 1.807) is 24.3 Å². The van der Waals surface area contributed by atoms with Gasteiger partial charge in [0.25, 0.3) is 0 Å². The molecule has 0 amide bonds. The molecule has 16 heavy (non-hydrogen) atoms. The van der Waals surface area contributed by atoms with Gasteiger partial charge in [-0.1, -0.05) is 24.3 Å². The average Bonchev–Trinajstić information content (AvgIpc) is 2.65. The summed E-state index contributed by atoms with van der Waals surface area (Å²) in [4.78, 5) is 3.73. The van der Waals surface area contributed by atoms with E-state index < -0.39 is 12.2 Å². The van der Waals surface area contributed by atoms with Crippen LogP contribution in [0.15, 0.2) is 29.6 Å². The van der Waals surface area contributed by atoms with Crippen LogP contribution in [0.25, 0.3) is 10.6 Å². The normalized spacial score (nSPS) is 11.4. The lowest BCUT2D eigenvalue weighted by atomic mass is 10.2. The van der Waals surface area contributed by atoms with Crippen molar-refractivity contribution in [3.63, 3.8) is 0 Å². The Morgan fingerprint density at radius 3 is 2.56 bits per heavy atom. The average molecular weight is 244 g/mol. The molecule has 6 heteroatoms. The maximum absolute atomic E-state index is 11.9. The summed E-state index contributed by atoms with van der Waals surface area (Å²) in [6.07, 6.45) is -4.70. The van der Waals surface area contributed by atoms with Crippen molar-refractivity contribution in [2.24, 2.45) is 0 Å². The molecule has 0 saturated carbocycles. The van der Waals surface area contributed by atoms with E-state index in [0.717, 1.165) is 16.9 Å². The van der Waals surface area contributed by atoms with Gasteiger partial charge in [0, 0.05) is 5.56 Å². The van der Waals surface area contributed by atoms with Gasteiger partial charge >= 0.3 is 6.36 Å². The molecule has 0 unspecified atom stereocenters. The predicted octanol–water partition coefficient (Wildman–Crippen LogP) is 3.51. The van der Waals surface area contributed by atoms with Crippen LogP contribution in [0, 0.1) is 6.07 Å². The van der Waals surface area contributed by atoms with Gasteiger partial charge in [0.1, 0.15) is 5.01 Å². The van der Waals surface area contributed by atoms with Gasteiger partial charge in [-0.25, -0.2) is 4.98 Å². The molecule has 2 aromatic rings. The van der Waals surface area contributed by atoms with Crippen LogP contribution in [-0.2, 0) is 0 Å². The molecule has 2 rings (SSSR count). The maximum Gasteiger partial charge on any atom is 0.574 e. The van der Waals surface area contributed by atoms with Gasteiger partial charge in [0.2, 0.25) is 5.88 Å². The Bertz CT molecular complexity index is 466. The molecule has 1 aromatic carbocycles. The van der Waals surface area contributed by atoms with Crippen LogP contribution >= 0.6 is 11.3 Å². The minimum absolute atomic E-state index is 0.430. The van der Waals surface area contributed by atoms with Crippen LogP contribution in [0.2, 0.25) is 0 Å². The molecule has 0 fully saturated rings. The van der Waals surface area contributed by atoms with Crippen molar-refractivity contribution >= 4 is 11.3 Å². The SMILES string of the molecule is FC(F)(F)Oc1csc(-c2cc[c]cc2)n1. The van der Waals surface area contributed by atoms with Gasteiger partial charge in [-0.05, 0) is 6.07 Å². The van der Waals surface area contributed by atoms with Crippen LogP contribution in [0.3, 0.4) is 0 Å². The lowest BCUT2D eigenvalue weighted by Gasteiger charge is -2.04. The number of halogens is 3. The summed E-state index contributed by atoms with van der Waals surface area (Å²) in [6, 6.07) is 9.59. The van der Waals surface area contributed by atoms with E-state index in [4.69, 9.17) is 0 Å². The first-order chi connectivity index (χ1) is 7.54. The number of nitrogens with zero attached hydrogens (tertiary/aromatic N) is 1. The summed E-state index contributed by atoms with van der Waals surface area (Å²) in [5.41, 5.74) is 0.737. The Morgan fingerprint density at radius 2 is 1.94 bits per heavy atom. The quantitative estimate of drug-likeness (QED) is 0.806. The predicted molar refractivity (Wildman–Crippen MR) is 53.1 cm³/mol. The van der Waals surface area contributed by atoms with E-state index in [9.17, 15) is 13.2 Å². The van der Waals surface area contributed by atoms with Gasteiger partial charge in [0.15, 0.2) is 0 Å². The van der Waals surface area contributed by atoms with Crippen molar-refractivity contribution in [1.29, 1.82) is 0 Å². The summed E-state index contributed by atoms with van der Waals surface area (Å²) in [5.74, 6) is -0.430. The summed E-state index contributed by atoms with van der Waals surface area (Å²) in [6.45, 7) is 0. The largest absolute Gasteiger partial charge is 0.574 e. The van der Waals surface area contributed by atoms with Crippen LogP contribution in [0.1, 0.15) is 0 Å². The topological polar surface area (TPSA) is 22.1 Å². The van der Waals surface area contributed by atoms with Gasteiger partial charge in [-0.3, -0.25) is 0 Å². The van der Waals surface area contributed by atoms with Crippen molar-refractivity contribution in [2.75, 3.05) is 0 Å². The van der Waals surface area contributed by atoms with E-state index in [2.05, 4.69) is 15.8 Å². The minimum atomic E-state index is -4.70. The summed E-state index contributed by atoms with van der Waals surface area (Å²) in [7, 11) is 0. The van der Waals surface area contributed by atoms with Crippen molar-refractivity contribution in [2.45, 2.75) is 6.36 Å². The van der Waals surface area contributed by atoms with Crippen LogP contribution < -0.4 is 4.74 Å². The van der Waals surface area contributed by atoms with Crippen LogP contribution in [0.4, 0.5) is 13.2 Å². The maximum atomic E-state index is 11.9. The molecule has 0 saturated heterocycles. The van der Waals surface area contributed by atoms with Gasteiger partial charge in [-0.2, -0.15) is 0 Å². The molecule has 0 bridgehead atoms. The standard InChI is InChI=1S/C10H5F3NOS/c11-10(12,13)15-8-6-16-9(14-8)7-4-2-1-3-5-7/h2-6H. The third-order valence-corrected chi connectivity index (χ3v) is 2.54. The molecule has 0 aliphatic carbocycles. The lowest BCUT2D eigenvalue weighted by molar-refractivity contribution is -0.275. The third-order valence-electron chi connectivity index (χ3n) is 1.67. The second kappa shape index (κ2) is 4.13. The fraction of sp³-hybridized carbons (Fsp3) is 0.100. The molecular formula is C10H5F3NOS. The summed E-state index contributed by atoms with van der Waals surface area (Å²) < 4.78 is 39.4. The highest BCUT2D eigenvalue weighted by Crippen LogP contribution is 2.29. The van der Waals surface area contributed by atoms with E-state index in [1.165, 1.54) is 5.38 Å². The first-order valence-electron chi connectivity index (χ1n) is 4.22. The Labute approximate surface area is 93.3 Å². The lowest BCUT2D eigenvalue weighted by Crippen LogP contribution is -2.17. The number of hydrogen-bond donors (Lipinski definition) is 0. The second-order valence-corrected chi connectivity index (χ2v) is 3.69. The molecule has 1 heterocycles. The zero-order valence-electron chi connectivity index (χ0n) is 7.78. The van der Waals surface area contributed by atoms with E-state index in [1.807, 2.05) is 0 Å². The van der Waals surface area contributed by atoms with Crippen LogP contribution in [-0.4, -0.2) is 11.3 Å². The molecule has 2 nitrogen and oxygen atoms in total. The van der Waals surface area contributed by atoms with Gasteiger partial charge in [0.05, 0.1) is 5.38 Å². The fourth-order valence-corrected chi connectivity index (χ4v) is 1.81. The highest BCUT2D eigenvalue weighted by Gasteiger charge is 2.32. The van der Waals surface area contributed by atoms with Crippen molar-refractivity contribution in [3.8, 4) is 16.5 Å². The molecule has 0 spiro atoms. The zero-order valence-corrected chi connectivity index (χ0v) is 8.60. The molecule has 0 atom stereocenters. The Kier molecular flexibility index (Phi) is 2.82. The molecule has 0 aliphatic rings. The second-order valence-electron chi connectivity index (χ2n) is 2.83. The molecular weight excluding hydrogens is 239 g/mol. The molecule has 0 aliphatic heterocycles. The number of benzene rings is 1. The number of rotatable bonds is 2. The highest BCUT2D eigenvalue weighted by molar-refractivity contribution is 7.13. The third kappa shape index (κ3) is 2.73. The summed E-state index contributed by atoms with van der Waals surface area (Å²) >= 11 is 1.09. The smallest absolute Gasteiger partial charge is 0.387 e. The molecule has 0 N–H and O–H groups in total. The Hall–Kier alpha value is -1.56. The number of thiazole rings is 1. The van der Waals surface area contributed by atoms with Crippen molar-refractivity contribution in [1.82, 2.24) is 4.98 Å². The Morgan fingerprint density at radius 1 is 1.25 bits per heavy atom. The van der Waals surface area contributed by atoms with E-state index in [-0.39, 0.29) is 0 Å². The van der Waals surface area contributed by atoms with Crippen molar-refractivity contribution < 1.29 is 17.9 Å². The van der Waals surface area contributed by atoms with E-state index in [0.29, 0.717) is 5.01 Å². The van der Waals surface area contributed by atoms with Crippen molar-refractivity contribution in [3.05, 3.63) is 35.7 Å². The molecule has 83 valence electrons. The summed E-state index contributed by atoms with van der Waals surface area (Å²) in [5, 5.41) is 1.70. The first-order valence-corrected chi connectivity index (χ1v) is 5.10. The minimum Gasteiger partial charge on any atom is -0.387 e. The molecule has 1 aromatic heterocycles. The number of hydrogen-bond acceptors (Lipinski definition) is 3. The number of ether oxygens (including phenoxy) is 1.